The molecule has 2 aromatic rings. The summed E-state index contributed by atoms with van der Waals surface area (Å²) in [5.41, 5.74) is 3.54. The quantitative estimate of drug-likeness (QED) is 0.776. The van der Waals surface area contributed by atoms with Crippen LogP contribution in [-0.4, -0.2) is 7.11 Å². The number of hydrogen-bond acceptors (Lipinski definition) is 2. The van der Waals surface area contributed by atoms with Crippen LogP contribution in [0.4, 0.5) is 0 Å². The Morgan fingerprint density at radius 3 is 1.82 bits per heavy atom. The minimum absolute atomic E-state index is 0.758. The van der Waals surface area contributed by atoms with E-state index in [1.807, 2.05) is 24.3 Å². The van der Waals surface area contributed by atoms with Gasteiger partial charge in [-0.2, -0.15) is 0 Å². The minimum Gasteiger partial charge on any atom is -0.331 e. The first-order chi connectivity index (χ1) is 8.20. The van der Waals surface area contributed by atoms with Crippen LogP contribution in [0, 0.1) is 6.92 Å². The zero-order valence-corrected chi connectivity index (χ0v) is 10.9. The van der Waals surface area contributed by atoms with Crippen molar-refractivity contribution in [1.82, 2.24) is 0 Å². The highest BCUT2D eigenvalue weighted by Crippen LogP contribution is 2.23. The number of hydrogen-bond donors (Lipinski definition) is 0. The third-order valence-electron chi connectivity index (χ3n) is 2.69. The smallest absolute Gasteiger partial charge is 0.220 e. The Kier molecular flexibility index (Phi) is 3.78. The minimum atomic E-state index is -2.06. The van der Waals surface area contributed by atoms with E-state index in [1.165, 1.54) is 18.2 Å². The van der Waals surface area contributed by atoms with E-state index in [1.54, 1.807) is 0 Å². The predicted molar refractivity (Wildman–Crippen MR) is 72.3 cm³/mol. The highest BCUT2D eigenvalue weighted by Gasteiger charge is 2.02. The van der Waals surface area contributed by atoms with Gasteiger partial charge in [0, 0.05) is 12.4 Å². The van der Waals surface area contributed by atoms with Gasteiger partial charge in [0.05, 0.1) is 0 Å². The fourth-order valence-corrected chi connectivity index (χ4v) is 2.34. The van der Waals surface area contributed by atoms with Crippen molar-refractivity contribution in [2.24, 2.45) is 0 Å². The van der Waals surface area contributed by atoms with Gasteiger partial charge >= 0.3 is 0 Å². The van der Waals surface area contributed by atoms with Crippen LogP contribution < -0.4 is 5.30 Å². The highest BCUT2D eigenvalue weighted by molar-refractivity contribution is 7.48. The zero-order chi connectivity index (χ0) is 12.3. The average molecular weight is 246 g/mol. The molecule has 0 saturated carbocycles. The summed E-state index contributed by atoms with van der Waals surface area (Å²) in [6.45, 7) is 2.07. The summed E-state index contributed by atoms with van der Waals surface area (Å²) in [5, 5.41) is 0.758. The normalized spacial score (nSPS) is 12.4. The Hall–Kier alpha value is -1.37. The summed E-state index contributed by atoms with van der Waals surface area (Å²) in [5.74, 6) is 0. The molecule has 0 aliphatic heterocycles. The van der Waals surface area contributed by atoms with Crippen molar-refractivity contribution in [2.75, 3.05) is 7.11 Å². The van der Waals surface area contributed by atoms with Gasteiger partial charge in [-0.15, -0.1) is 0 Å². The molecule has 0 heterocycles. The second-order valence-electron chi connectivity index (χ2n) is 3.93. The SMILES string of the molecule is CO[PH](=O)c1ccc(-c2ccc(C)cc2)cc1. The summed E-state index contributed by atoms with van der Waals surface area (Å²) in [7, 11) is -0.594. The van der Waals surface area contributed by atoms with Gasteiger partial charge < -0.3 is 4.52 Å². The van der Waals surface area contributed by atoms with Crippen LogP contribution in [0.25, 0.3) is 11.1 Å². The molecule has 0 radical (unpaired) electrons. The third-order valence-corrected chi connectivity index (χ3v) is 3.87. The van der Waals surface area contributed by atoms with Crippen molar-refractivity contribution in [1.29, 1.82) is 0 Å². The topological polar surface area (TPSA) is 26.3 Å². The highest BCUT2D eigenvalue weighted by atomic mass is 31.1. The molecule has 0 fully saturated rings. The van der Waals surface area contributed by atoms with Gasteiger partial charge in [-0.25, -0.2) is 0 Å². The van der Waals surface area contributed by atoms with E-state index in [4.69, 9.17) is 4.52 Å². The maximum absolute atomic E-state index is 11.5. The molecular formula is C14H15O2P. The van der Waals surface area contributed by atoms with E-state index in [9.17, 15) is 4.57 Å². The first-order valence-corrected chi connectivity index (χ1v) is 6.78. The van der Waals surface area contributed by atoms with Gasteiger partial charge in [-0.05, 0) is 30.2 Å². The molecule has 17 heavy (non-hydrogen) atoms. The monoisotopic (exact) mass is 246 g/mol. The molecule has 0 aliphatic rings. The van der Waals surface area contributed by atoms with E-state index in [-0.39, 0.29) is 0 Å². The molecule has 0 bridgehead atoms. The van der Waals surface area contributed by atoms with Crippen LogP contribution in [0.15, 0.2) is 48.5 Å². The molecule has 3 heteroatoms. The standard InChI is InChI=1S/C14H15O2P/c1-11-3-5-12(6-4-11)13-7-9-14(10-8-13)17(15)16-2/h3-10,17H,1-2H3. The lowest BCUT2D eigenvalue weighted by molar-refractivity contribution is 0.423. The first-order valence-electron chi connectivity index (χ1n) is 5.46. The molecule has 2 rings (SSSR count). The van der Waals surface area contributed by atoms with Crippen LogP contribution in [0.5, 0.6) is 0 Å². The van der Waals surface area contributed by atoms with Crippen molar-refractivity contribution < 1.29 is 9.09 Å². The Labute approximate surface area is 102 Å². The van der Waals surface area contributed by atoms with Crippen LogP contribution in [-0.2, 0) is 9.09 Å². The summed E-state index contributed by atoms with van der Waals surface area (Å²) in [6, 6.07) is 16.0. The second kappa shape index (κ2) is 5.31. The van der Waals surface area contributed by atoms with E-state index >= 15 is 0 Å². The third kappa shape index (κ3) is 2.85. The molecule has 88 valence electrons. The summed E-state index contributed by atoms with van der Waals surface area (Å²) < 4.78 is 16.3. The van der Waals surface area contributed by atoms with Gasteiger partial charge in [0.1, 0.15) is 0 Å². The Morgan fingerprint density at radius 1 is 0.882 bits per heavy atom. The molecule has 2 aromatic carbocycles. The van der Waals surface area contributed by atoms with Crippen molar-refractivity contribution in [2.45, 2.75) is 6.92 Å². The molecule has 0 N–H and O–H groups in total. The molecule has 2 nitrogen and oxygen atoms in total. The fourth-order valence-electron chi connectivity index (χ4n) is 1.66. The summed E-state index contributed by atoms with van der Waals surface area (Å²) >= 11 is 0. The Bertz CT molecular complexity index is 515. The number of aryl methyl sites for hydroxylation is 1. The second-order valence-corrected chi connectivity index (χ2v) is 5.50. The van der Waals surface area contributed by atoms with Crippen LogP contribution in [0.1, 0.15) is 5.56 Å². The molecular weight excluding hydrogens is 231 g/mol. The molecule has 0 spiro atoms. The van der Waals surface area contributed by atoms with Gasteiger partial charge in [-0.3, -0.25) is 4.57 Å². The lowest BCUT2D eigenvalue weighted by Crippen LogP contribution is -1.95. The lowest BCUT2D eigenvalue weighted by atomic mass is 10.0. The molecule has 1 unspecified atom stereocenters. The van der Waals surface area contributed by atoms with E-state index in [0.29, 0.717) is 0 Å². The molecule has 1 atom stereocenters. The zero-order valence-electron chi connectivity index (χ0n) is 9.94. The fraction of sp³-hybridized carbons (Fsp3) is 0.143. The number of rotatable bonds is 3. The van der Waals surface area contributed by atoms with E-state index < -0.39 is 8.03 Å². The van der Waals surface area contributed by atoms with Crippen molar-refractivity contribution >= 4 is 13.3 Å². The van der Waals surface area contributed by atoms with Crippen LogP contribution in [0.2, 0.25) is 0 Å². The van der Waals surface area contributed by atoms with Gasteiger partial charge in [0.15, 0.2) is 0 Å². The van der Waals surface area contributed by atoms with Crippen LogP contribution >= 0.6 is 8.03 Å². The maximum atomic E-state index is 11.5. The van der Waals surface area contributed by atoms with E-state index in [0.717, 1.165) is 10.9 Å². The van der Waals surface area contributed by atoms with Crippen LogP contribution in [0.3, 0.4) is 0 Å². The molecule has 0 saturated heterocycles. The van der Waals surface area contributed by atoms with Gasteiger partial charge in [0.25, 0.3) is 0 Å². The molecule has 0 aromatic heterocycles. The van der Waals surface area contributed by atoms with Crippen molar-refractivity contribution in [3.05, 3.63) is 54.1 Å². The van der Waals surface area contributed by atoms with Gasteiger partial charge in [-0.1, -0.05) is 42.0 Å². The maximum Gasteiger partial charge on any atom is 0.220 e. The Balaban J connectivity index is 2.29. The molecule has 0 amide bonds. The lowest BCUT2D eigenvalue weighted by Gasteiger charge is -2.04. The largest absolute Gasteiger partial charge is 0.331 e. The van der Waals surface area contributed by atoms with Crippen molar-refractivity contribution in [3.63, 3.8) is 0 Å². The predicted octanol–water partition coefficient (Wildman–Crippen LogP) is 3.41. The Morgan fingerprint density at radius 2 is 1.35 bits per heavy atom. The average Bonchev–Trinajstić information content (AvgIpc) is 2.39. The van der Waals surface area contributed by atoms with Gasteiger partial charge in [0.2, 0.25) is 8.03 Å². The van der Waals surface area contributed by atoms with E-state index in [2.05, 4.69) is 31.2 Å². The summed E-state index contributed by atoms with van der Waals surface area (Å²) in [4.78, 5) is 0. The first kappa shape index (κ1) is 12.1. The van der Waals surface area contributed by atoms with Crippen molar-refractivity contribution in [3.8, 4) is 11.1 Å². The molecule has 0 aliphatic carbocycles. The summed E-state index contributed by atoms with van der Waals surface area (Å²) in [6.07, 6.45) is 0. The number of benzene rings is 2.